The van der Waals surface area contributed by atoms with Gasteiger partial charge in [0.05, 0.1) is 0 Å². The first-order valence-electron chi connectivity index (χ1n) is 7.98. The first-order valence-corrected chi connectivity index (χ1v) is 7.98. The van der Waals surface area contributed by atoms with Crippen molar-refractivity contribution in [2.75, 3.05) is 0 Å². The van der Waals surface area contributed by atoms with Crippen molar-refractivity contribution in [3.63, 3.8) is 0 Å². The van der Waals surface area contributed by atoms with E-state index < -0.39 is 0 Å². The topological polar surface area (TPSA) is 34.1 Å². The summed E-state index contributed by atoms with van der Waals surface area (Å²) in [5.74, 6) is 3.41. The molecular formula is C17H26O2. The quantitative estimate of drug-likeness (QED) is 0.723. The van der Waals surface area contributed by atoms with Gasteiger partial charge in [0.25, 0.3) is 0 Å². The second kappa shape index (κ2) is 4.43. The van der Waals surface area contributed by atoms with E-state index in [0.717, 1.165) is 32.1 Å². The van der Waals surface area contributed by atoms with Crippen molar-refractivity contribution in [1.82, 2.24) is 0 Å². The molecule has 3 rings (SSSR count). The summed E-state index contributed by atoms with van der Waals surface area (Å²) in [6, 6.07) is 0. The lowest BCUT2D eigenvalue weighted by Gasteiger charge is -2.51. The van der Waals surface area contributed by atoms with Crippen LogP contribution in [-0.2, 0) is 9.59 Å². The van der Waals surface area contributed by atoms with Crippen molar-refractivity contribution in [3.05, 3.63) is 0 Å². The van der Waals surface area contributed by atoms with E-state index in [1.807, 2.05) is 0 Å². The molecule has 0 spiro atoms. The van der Waals surface area contributed by atoms with Crippen molar-refractivity contribution in [1.29, 1.82) is 0 Å². The Morgan fingerprint density at radius 1 is 1.16 bits per heavy atom. The first-order chi connectivity index (χ1) is 8.95. The molecule has 3 aliphatic rings. The smallest absolute Gasteiger partial charge is 0.135 e. The second-order valence-corrected chi connectivity index (χ2v) is 7.51. The van der Waals surface area contributed by atoms with Crippen molar-refractivity contribution in [2.24, 2.45) is 35.0 Å². The third-order valence-electron chi connectivity index (χ3n) is 6.86. The predicted octanol–water partition coefficient (Wildman–Crippen LogP) is 3.63. The molecule has 19 heavy (non-hydrogen) atoms. The van der Waals surface area contributed by atoms with Gasteiger partial charge in [-0.2, -0.15) is 0 Å². The fourth-order valence-electron chi connectivity index (χ4n) is 5.80. The van der Waals surface area contributed by atoms with Gasteiger partial charge in [-0.15, -0.1) is 0 Å². The Hall–Kier alpha value is -0.660. The minimum Gasteiger partial charge on any atom is -0.300 e. The van der Waals surface area contributed by atoms with Gasteiger partial charge in [-0.25, -0.2) is 0 Å². The van der Waals surface area contributed by atoms with Crippen molar-refractivity contribution in [2.45, 2.75) is 59.3 Å². The lowest BCUT2D eigenvalue weighted by Crippen LogP contribution is -2.47. The molecule has 3 fully saturated rings. The van der Waals surface area contributed by atoms with Gasteiger partial charge in [-0.05, 0) is 62.2 Å². The standard InChI is InChI=1S/C17H26O2/c1-10-12-8-9-17(3)14(11(2)18)5-6-15(17)13(12)4-7-16(10)19/h10,12-15H,4-9H2,1-3H3/t10-,12+,13-,14-,15-,17+/m1/s1. The van der Waals surface area contributed by atoms with Gasteiger partial charge in [-0.1, -0.05) is 13.8 Å². The Morgan fingerprint density at radius 3 is 2.58 bits per heavy atom. The summed E-state index contributed by atoms with van der Waals surface area (Å²) < 4.78 is 0. The van der Waals surface area contributed by atoms with Crippen LogP contribution in [0.25, 0.3) is 0 Å². The van der Waals surface area contributed by atoms with Crippen LogP contribution in [-0.4, -0.2) is 11.6 Å². The monoisotopic (exact) mass is 262 g/mol. The lowest BCUT2D eigenvalue weighted by atomic mass is 9.53. The van der Waals surface area contributed by atoms with E-state index in [0.29, 0.717) is 29.3 Å². The number of hydrogen-bond donors (Lipinski definition) is 0. The molecule has 106 valence electrons. The highest BCUT2D eigenvalue weighted by Gasteiger charge is 2.56. The molecule has 0 saturated heterocycles. The molecule has 2 heteroatoms. The number of fused-ring (bicyclic) bond motifs is 3. The molecule has 0 aliphatic heterocycles. The maximum absolute atomic E-state index is 11.9. The van der Waals surface area contributed by atoms with Gasteiger partial charge in [0.2, 0.25) is 0 Å². The summed E-state index contributed by atoms with van der Waals surface area (Å²) in [5.41, 5.74) is 0.229. The SMILES string of the molecule is CC(=O)[C@H]1CC[C@@H]2[C@@H]3CCC(=O)[C@H](C)[C@@H]3CC[C@@]12C. The highest BCUT2D eigenvalue weighted by Crippen LogP contribution is 2.62. The number of carbonyl (C=O) groups excluding carboxylic acids is 2. The molecule has 0 aromatic carbocycles. The minimum absolute atomic E-state index is 0.229. The first kappa shape index (κ1) is 13.3. The molecular weight excluding hydrogens is 236 g/mol. The average molecular weight is 262 g/mol. The summed E-state index contributed by atoms with van der Waals surface area (Å²) in [6.07, 6.45) is 6.47. The minimum atomic E-state index is 0.229. The van der Waals surface area contributed by atoms with Crippen LogP contribution in [0.3, 0.4) is 0 Å². The Morgan fingerprint density at radius 2 is 1.89 bits per heavy atom. The summed E-state index contributed by atoms with van der Waals surface area (Å²) >= 11 is 0. The van der Waals surface area contributed by atoms with Gasteiger partial charge in [0.1, 0.15) is 11.6 Å². The Balaban J connectivity index is 1.88. The third kappa shape index (κ3) is 1.82. The lowest BCUT2D eigenvalue weighted by molar-refractivity contribution is -0.135. The van der Waals surface area contributed by atoms with Gasteiger partial charge < -0.3 is 0 Å². The maximum atomic E-state index is 11.9. The molecule has 0 heterocycles. The third-order valence-corrected chi connectivity index (χ3v) is 6.86. The van der Waals surface area contributed by atoms with Crippen LogP contribution in [0.5, 0.6) is 0 Å². The zero-order valence-corrected chi connectivity index (χ0v) is 12.4. The fourth-order valence-corrected chi connectivity index (χ4v) is 5.80. The molecule has 0 unspecified atom stereocenters. The van der Waals surface area contributed by atoms with Gasteiger partial charge in [0.15, 0.2) is 0 Å². The highest BCUT2D eigenvalue weighted by molar-refractivity contribution is 5.82. The Labute approximate surface area is 116 Å². The summed E-state index contributed by atoms with van der Waals surface area (Å²) in [4.78, 5) is 23.9. The molecule has 6 atom stereocenters. The largest absolute Gasteiger partial charge is 0.300 e. The van der Waals surface area contributed by atoms with E-state index in [-0.39, 0.29) is 17.3 Å². The molecule has 3 aliphatic carbocycles. The zero-order chi connectivity index (χ0) is 13.8. The number of rotatable bonds is 1. The normalized spacial score (nSPS) is 49.6. The van der Waals surface area contributed by atoms with Crippen molar-refractivity contribution >= 4 is 11.6 Å². The summed E-state index contributed by atoms with van der Waals surface area (Å²) in [5, 5.41) is 0. The van der Waals surface area contributed by atoms with E-state index in [9.17, 15) is 9.59 Å². The van der Waals surface area contributed by atoms with Crippen LogP contribution in [0, 0.1) is 35.0 Å². The zero-order valence-electron chi connectivity index (χ0n) is 12.4. The number of ketones is 2. The summed E-state index contributed by atoms with van der Waals surface area (Å²) in [6.45, 7) is 6.27. The van der Waals surface area contributed by atoms with Crippen LogP contribution in [0.15, 0.2) is 0 Å². The molecule has 0 radical (unpaired) electrons. The van der Waals surface area contributed by atoms with Crippen LogP contribution in [0.1, 0.15) is 59.3 Å². The van der Waals surface area contributed by atoms with E-state index in [4.69, 9.17) is 0 Å². The van der Waals surface area contributed by atoms with E-state index in [2.05, 4.69) is 13.8 Å². The fraction of sp³-hybridized carbons (Fsp3) is 0.882. The Bertz CT molecular complexity index is 413. The maximum Gasteiger partial charge on any atom is 0.135 e. The van der Waals surface area contributed by atoms with E-state index >= 15 is 0 Å². The molecule has 3 saturated carbocycles. The Kier molecular flexibility index (Phi) is 3.11. The highest BCUT2D eigenvalue weighted by atomic mass is 16.1. The van der Waals surface area contributed by atoms with Gasteiger partial charge in [-0.3, -0.25) is 9.59 Å². The molecule has 0 bridgehead atoms. The average Bonchev–Trinajstić information content (AvgIpc) is 2.71. The van der Waals surface area contributed by atoms with Crippen molar-refractivity contribution in [3.8, 4) is 0 Å². The number of carbonyl (C=O) groups is 2. The van der Waals surface area contributed by atoms with Crippen LogP contribution < -0.4 is 0 Å². The van der Waals surface area contributed by atoms with E-state index in [1.165, 1.54) is 6.42 Å². The molecule has 0 aromatic rings. The summed E-state index contributed by atoms with van der Waals surface area (Å²) in [7, 11) is 0. The van der Waals surface area contributed by atoms with Crippen LogP contribution >= 0.6 is 0 Å². The molecule has 0 amide bonds. The second-order valence-electron chi connectivity index (χ2n) is 7.51. The van der Waals surface area contributed by atoms with Crippen LogP contribution in [0.4, 0.5) is 0 Å². The van der Waals surface area contributed by atoms with Crippen molar-refractivity contribution < 1.29 is 9.59 Å². The van der Waals surface area contributed by atoms with Gasteiger partial charge in [0, 0.05) is 18.3 Å². The number of Topliss-reactive ketones (excluding diaryl/α,β-unsaturated/α-hetero) is 2. The molecule has 0 N–H and O–H groups in total. The van der Waals surface area contributed by atoms with Gasteiger partial charge >= 0.3 is 0 Å². The number of hydrogen-bond acceptors (Lipinski definition) is 2. The molecule has 2 nitrogen and oxygen atoms in total. The predicted molar refractivity (Wildman–Crippen MR) is 74.6 cm³/mol. The molecule has 0 aromatic heterocycles. The van der Waals surface area contributed by atoms with Crippen LogP contribution in [0.2, 0.25) is 0 Å². The van der Waals surface area contributed by atoms with E-state index in [1.54, 1.807) is 6.92 Å².